The number of hydrogen-bond acceptors (Lipinski definition) is 2. The molecular weight excluding hydrogens is 203 g/mol. The van der Waals surface area contributed by atoms with Crippen LogP contribution in [0.15, 0.2) is 18.2 Å². The zero-order valence-corrected chi connectivity index (χ0v) is 9.67. The Morgan fingerprint density at radius 3 is 2.88 bits per heavy atom. The number of nitrogen functional groups attached to an aromatic ring is 1. The molecule has 0 bridgehead atoms. The molecule has 1 aromatic carbocycles. The number of halogens is 1. The third-order valence-electron chi connectivity index (χ3n) is 3.29. The van der Waals surface area contributed by atoms with Crippen molar-refractivity contribution in [2.24, 2.45) is 11.8 Å². The van der Waals surface area contributed by atoms with Gasteiger partial charge in [-0.25, -0.2) is 4.39 Å². The van der Waals surface area contributed by atoms with Crippen LogP contribution >= 0.6 is 0 Å². The summed E-state index contributed by atoms with van der Waals surface area (Å²) in [4.78, 5) is 0. The summed E-state index contributed by atoms with van der Waals surface area (Å²) in [5.74, 6) is 1.32. The van der Waals surface area contributed by atoms with Crippen molar-refractivity contribution in [3.63, 3.8) is 0 Å². The minimum atomic E-state index is -0.324. The van der Waals surface area contributed by atoms with E-state index in [4.69, 9.17) is 5.73 Å². The predicted molar refractivity (Wildman–Crippen MR) is 64.4 cm³/mol. The summed E-state index contributed by atoms with van der Waals surface area (Å²) in [5, 5.41) is 3.36. The van der Waals surface area contributed by atoms with Gasteiger partial charge in [0.1, 0.15) is 5.82 Å². The minimum Gasteiger partial charge on any atom is -0.396 e. The topological polar surface area (TPSA) is 38.0 Å². The third kappa shape index (κ3) is 2.95. The van der Waals surface area contributed by atoms with Crippen LogP contribution in [0.2, 0.25) is 0 Å². The van der Waals surface area contributed by atoms with Crippen LogP contribution in [-0.2, 0) is 6.54 Å². The average Bonchev–Trinajstić information content (AvgIpc) is 3.07. The normalized spacial score (nSPS) is 17.4. The zero-order valence-electron chi connectivity index (χ0n) is 9.67. The second-order valence-electron chi connectivity index (χ2n) is 4.80. The van der Waals surface area contributed by atoms with Crippen LogP contribution in [0.25, 0.3) is 0 Å². The van der Waals surface area contributed by atoms with Gasteiger partial charge < -0.3 is 11.1 Å². The van der Waals surface area contributed by atoms with Crippen LogP contribution in [0.4, 0.5) is 10.1 Å². The molecule has 3 heteroatoms. The highest BCUT2D eigenvalue weighted by atomic mass is 19.1. The lowest BCUT2D eigenvalue weighted by atomic mass is 10.1. The van der Waals surface area contributed by atoms with Gasteiger partial charge in [0.2, 0.25) is 0 Å². The maximum atomic E-state index is 13.2. The molecule has 3 N–H and O–H groups in total. The van der Waals surface area contributed by atoms with Crippen LogP contribution in [0.3, 0.4) is 0 Å². The highest BCUT2D eigenvalue weighted by Crippen LogP contribution is 2.36. The Morgan fingerprint density at radius 2 is 2.25 bits per heavy atom. The number of benzene rings is 1. The monoisotopic (exact) mass is 222 g/mol. The molecule has 2 rings (SSSR count). The average molecular weight is 222 g/mol. The standard InChI is InChI=1S/C13H19FN2/c1-9(11-3-4-11)7-16-8-10-2-5-13(15)12(14)6-10/h2,5-6,9,11,16H,3-4,7-8,15H2,1H3. The molecule has 0 aromatic heterocycles. The molecule has 1 aliphatic carbocycles. The zero-order chi connectivity index (χ0) is 11.5. The van der Waals surface area contributed by atoms with E-state index in [0.29, 0.717) is 6.54 Å². The maximum absolute atomic E-state index is 13.2. The number of rotatable bonds is 5. The number of nitrogens with one attached hydrogen (secondary N) is 1. The van der Waals surface area contributed by atoms with Crippen molar-refractivity contribution in [1.82, 2.24) is 5.32 Å². The Balaban J connectivity index is 1.78. The van der Waals surface area contributed by atoms with Gasteiger partial charge in [-0.15, -0.1) is 0 Å². The molecule has 16 heavy (non-hydrogen) atoms. The Hall–Kier alpha value is -1.09. The quantitative estimate of drug-likeness (QED) is 0.751. The molecule has 1 aliphatic rings. The Kier molecular flexibility index (Phi) is 3.44. The fourth-order valence-corrected chi connectivity index (χ4v) is 1.96. The molecule has 88 valence electrons. The Bertz CT molecular complexity index is 361. The van der Waals surface area contributed by atoms with Gasteiger partial charge in [0.25, 0.3) is 0 Å². The molecule has 0 aliphatic heterocycles. The van der Waals surface area contributed by atoms with E-state index in [0.717, 1.165) is 23.9 Å². The van der Waals surface area contributed by atoms with Crippen LogP contribution in [-0.4, -0.2) is 6.54 Å². The summed E-state index contributed by atoms with van der Waals surface area (Å²) < 4.78 is 13.2. The summed E-state index contributed by atoms with van der Waals surface area (Å²) >= 11 is 0. The summed E-state index contributed by atoms with van der Waals surface area (Å²) in [6, 6.07) is 4.99. The Labute approximate surface area is 96.0 Å². The van der Waals surface area contributed by atoms with Gasteiger partial charge in [0.05, 0.1) is 5.69 Å². The first-order chi connectivity index (χ1) is 7.66. The predicted octanol–water partition coefficient (Wildman–Crippen LogP) is 2.54. The molecule has 1 saturated carbocycles. The van der Waals surface area contributed by atoms with Crippen LogP contribution in [0.1, 0.15) is 25.3 Å². The van der Waals surface area contributed by atoms with Gasteiger partial charge in [-0.3, -0.25) is 0 Å². The second kappa shape index (κ2) is 4.83. The SMILES string of the molecule is CC(CNCc1ccc(N)c(F)c1)C1CC1. The van der Waals surface area contributed by atoms with E-state index in [1.165, 1.54) is 18.9 Å². The summed E-state index contributed by atoms with van der Waals surface area (Å²) in [6.45, 7) is 4.00. The first kappa shape index (κ1) is 11.4. The van der Waals surface area contributed by atoms with Crippen LogP contribution in [0, 0.1) is 17.7 Å². The van der Waals surface area contributed by atoms with Gasteiger partial charge in [0.15, 0.2) is 0 Å². The lowest BCUT2D eigenvalue weighted by Crippen LogP contribution is -2.21. The maximum Gasteiger partial charge on any atom is 0.146 e. The molecule has 0 radical (unpaired) electrons. The minimum absolute atomic E-state index is 0.218. The smallest absolute Gasteiger partial charge is 0.146 e. The van der Waals surface area contributed by atoms with E-state index in [1.54, 1.807) is 6.07 Å². The van der Waals surface area contributed by atoms with Crippen molar-refractivity contribution < 1.29 is 4.39 Å². The van der Waals surface area contributed by atoms with E-state index in [2.05, 4.69) is 12.2 Å². The molecule has 2 nitrogen and oxygen atoms in total. The van der Waals surface area contributed by atoms with Gasteiger partial charge in [-0.1, -0.05) is 13.0 Å². The number of nitrogens with two attached hydrogens (primary N) is 1. The van der Waals surface area contributed by atoms with E-state index >= 15 is 0 Å². The molecule has 0 amide bonds. The van der Waals surface area contributed by atoms with Gasteiger partial charge in [-0.2, -0.15) is 0 Å². The van der Waals surface area contributed by atoms with Gasteiger partial charge in [-0.05, 0) is 48.9 Å². The molecule has 0 spiro atoms. The fourth-order valence-electron chi connectivity index (χ4n) is 1.96. The number of anilines is 1. The van der Waals surface area contributed by atoms with Crippen molar-refractivity contribution in [3.8, 4) is 0 Å². The highest BCUT2D eigenvalue weighted by Gasteiger charge is 2.27. The van der Waals surface area contributed by atoms with Gasteiger partial charge >= 0.3 is 0 Å². The molecule has 1 atom stereocenters. The van der Waals surface area contributed by atoms with Crippen molar-refractivity contribution in [2.45, 2.75) is 26.3 Å². The van der Waals surface area contributed by atoms with Crippen molar-refractivity contribution in [3.05, 3.63) is 29.6 Å². The van der Waals surface area contributed by atoms with Crippen molar-refractivity contribution in [1.29, 1.82) is 0 Å². The molecular formula is C13H19FN2. The van der Waals surface area contributed by atoms with E-state index < -0.39 is 0 Å². The van der Waals surface area contributed by atoms with Crippen molar-refractivity contribution in [2.75, 3.05) is 12.3 Å². The van der Waals surface area contributed by atoms with Crippen LogP contribution < -0.4 is 11.1 Å². The summed E-state index contributed by atoms with van der Waals surface area (Å²) in [7, 11) is 0. The summed E-state index contributed by atoms with van der Waals surface area (Å²) in [5.41, 5.74) is 6.59. The van der Waals surface area contributed by atoms with E-state index in [9.17, 15) is 4.39 Å². The highest BCUT2D eigenvalue weighted by molar-refractivity contribution is 5.41. The largest absolute Gasteiger partial charge is 0.396 e. The third-order valence-corrected chi connectivity index (χ3v) is 3.29. The Morgan fingerprint density at radius 1 is 1.50 bits per heavy atom. The van der Waals surface area contributed by atoms with Crippen molar-refractivity contribution >= 4 is 5.69 Å². The molecule has 1 unspecified atom stereocenters. The van der Waals surface area contributed by atoms with Gasteiger partial charge in [0, 0.05) is 6.54 Å². The molecule has 1 aromatic rings. The van der Waals surface area contributed by atoms with E-state index in [1.807, 2.05) is 6.07 Å². The van der Waals surface area contributed by atoms with Crippen LogP contribution in [0.5, 0.6) is 0 Å². The first-order valence-corrected chi connectivity index (χ1v) is 5.91. The molecule has 1 fully saturated rings. The lowest BCUT2D eigenvalue weighted by molar-refractivity contribution is 0.461. The van der Waals surface area contributed by atoms with E-state index in [-0.39, 0.29) is 11.5 Å². The first-order valence-electron chi connectivity index (χ1n) is 5.91. The second-order valence-corrected chi connectivity index (χ2v) is 4.80. The summed E-state index contributed by atoms with van der Waals surface area (Å²) in [6.07, 6.45) is 2.75. The molecule has 0 saturated heterocycles. The number of hydrogen-bond donors (Lipinski definition) is 2. The molecule has 0 heterocycles. The lowest BCUT2D eigenvalue weighted by Gasteiger charge is -2.11. The fraction of sp³-hybridized carbons (Fsp3) is 0.538.